The normalized spacial score (nSPS) is 10.8. The summed E-state index contributed by atoms with van der Waals surface area (Å²) in [6.07, 6.45) is 0. The minimum absolute atomic E-state index is 0.0440. The van der Waals surface area contributed by atoms with Crippen LogP contribution in [0.4, 0.5) is 10.1 Å². The molecular formula is C17H19FN2O4. The quantitative estimate of drug-likeness (QED) is 0.848. The lowest BCUT2D eigenvalue weighted by molar-refractivity contribution is -0.119. The molecule has 0 saturated heterocycles. The van der Waals surface area contributed by atoms with Gasteiger partial charge in [0.05, 0.1) is 5.69 Å². The summed E-state index contributed by atoms with van der Waals surface area (Å²) in [5.41, 5.74) is 1.68. The molecule has 1 heterocycles. The molecule has 128 valence electrons. The van der Waals surface area contributed by atoms with Gasteiger partial charge in [0.2, 0.25) is 0 Å². The van der Waals surface area contributed by atoms with E-state index in [4.69, 9.17) is 9.26 Å². The summed E-state index contributed by atoms with van der Waals surface area (Å²) in [4.78, 5) is 24.1. The Balaban J connectivity index is 2.00. The van der Waals surface area contributed by atoms with Gasteiger partial charge in [0.25, 0.3) is 5.91 Å². The third-order valence-electron chi connectivity index (χ3n) is 3.43. The maximum absolute atomic E-state index is 13.2. The Labute approximate surface area is 139 Å². The Hall–Kier alpha value is -2.70. The average Bonchev–Trinajstić information content (AvgIpc) is 2.90. The number of hydrogen-bond acceptors (Lipinski definition) is 5. The summed E-state index contributed by atoms with van der Waals surface area (Å²) in [7, 11) is 0. The summed E-state index contributed by atoms with van der Waals surface area (Å²) >= 11 is 0. The number of aryl methyl sites for hydroxylation is 2. The smallest absolute Gasteiger partial charge is 0.344 e. The van der Waals surface area contributed by atoms with Gasteiger partial charge >= 0.3 is 5.97 Å². The highest BCUT2D eigenvalue weighted by molar-refractivity contribution is 5.96. The lowest BCUT2D eigenvalue weighted by Gasteiger charge is -2.09. The predicted molar refractivity (Wildman–Crippen MR) is 85.4 cm³/mol. The van der Waals surface area contributed by atoms with Crippen LogP contribution in [0.5, 0.6) is 0 Å². The van der Waals surface area contributed by atoms with Gasteiger partial charge in [0.15, 0.2) is 12.4 Å². The third kappa shape index (κ3) is 3.98. The van der Waals surface area contributed by atoms with Crippen molar-refractivity contribution in [3.05, 3.63) is 46.6 Å². The van der Waals surface area contributed by atoms with Gasteiger partial charge in [-0.2, -0.15) is 0 Å². The van der Waals surface area contributed by atoms with Crippen LogP contribution in [-0.4, -0.2) is 23.6 Å². The number of anilines is 1. The molecule has 1 aromatic carbocycles. The van der Waals surface area contributed by atoms with Gasteiger partial charge < -0.3 is 14.6 Å². The highest BCUT2D eigenvalue weighted by atomic mass is 19.1. The van der Waals surface area contributed by atoms with E-state index in [-0.39, 0.29) is 11.5 Å². The molecule has 0 aliphatic rings. The number of nitrogens with one attached hydrogen (secondary N) is 1. The van der Waals surface area contributed by atoms with Crippen molar-refractivity contribution < 1.29 is 23.2 Å². The van der Waals surface area contributed by atoms with Gasteiger partial charge in [-0.25, -0.2) is 9.18 Å². The fraction of sp³-hybridized carbons (Fsp3) is 0.353. The van der Waals surface area contributed by atoms with Crippen LogP contribution in [0.2, 0.25) is 0 Å². The van der Waals surface area contributed by atoms with E-state index in [1.165, 1.54) is 12.1 Å². The van der Waals surface area contributed by atoms with Gasteiger partial charge in [-0.05, 0) is 31.5 Å². The fourth-order valence-corrected chi connectivity index (χ4v) is 2.15. The molecule has 1 aromatic heterocycles. The lowest BCUT2D eigenvalue weighted by atomic mass is 10.1. The molecule has 1 N–H and O–H groups in total. The second kappa shape index (κ2) is 7.25. The predicted octanol–water partition coefficient (Wildman–Crippen LogP) is 3.35. The second-order valence-electron chi connectivity index (χ2n) is 5.75. The van der Waals surface area contributed by atoms with Crippen molar-refractivity contribution in [2.24, 2.45) is 0 Å². The van der Waals surface area contributed by atoms with Crippen LogP contribution in [0.1, 0.15) is 47.1 Å². The van der Waals surface area contributed by atoms with Crippen LogP contribution in [-0.2, 0) is 9.53 Å². The number of amides is 1. The number of hydrogen-bond donors (Lipinski definition) is 1. The number of halogens is 1. The van der Waals surface area contributed by atoms with Crippen molar-refractivity contribution in [1.82, 2.24) is 5.16 Å². The Morgan fingerprint density at radius 1 is 1.33 bits per heavy atom. The first-order chi connectivity index (χ1) is 11.3. The summed E-state index contributed by atoms with van der Waals surface area (Å²) < 4.78 is 23.3. The van der Waals surface area contributed by atoms with E-state index >= 15 is 0 Å². The fourth-order valence-electron chi connectivity index (χ4n) is 2.15. The minimum Gasteiger partial charge on any atom is -0.452 e. The van der Waals surface area contributed by atoms with Gasteiger partial charge in [0.1, 0.15) is 11.4 Å². The van der Waals surface area contributed by atoms with E-state index in [2.05, 4.69) is 10.5 Å². The molecule has 0 fully saturated rings. The standard InChI is InChI=1S/C17H19FN2O4/c1-9(2)16-15(11(4)20-24-16)17(22)23-8-14(21)19-13-7-12(18)6-5-10(13)3/h5-7,9H,8H2,1-4H3,(H,19,21). The molecule has 0 unspecified atom stereocenters. The van der Waals surface area contributed by atoms with E-state index in [1.807, 2.05) is 13.8 Å². The Kier molecular flexibility index (Phi) is 5.33. The van der Waals surface area contributed by atoms with Crippen molar-refractivity contribution in [3.63, 3.8) is 0 Å². The average molecular weight is 334 g/mol. The number of aromatic nitrogens is 1. The number of rotatable bonds is 5. The van der Waals surface area contributed by atoms with E-state index in [1.54, 1.807) is 19.9 Å². The largest absolute Gasteiger partial charge is 0.452 e. The van der Waals surface area contributed by atoms with E-state index in [9.17, 15) is 14.0 Å². The van der Waals surface area contributed by atoms with E-state index in [0.717, 1.165) is 0 Å². The first-order valence-corrected chi connectivity index (χ1v) is 7.49. The molecule has 6 nitrogen and oxygen atoms in total. The number of carbonyl (C=O) groups excluding carboxylic acids is 2. The van der Waals surface area contributed by atoms with Crippen LogP contribution in [0, 0.1) is 19.7 Å². The molecule has 0 aliphatic heterocycles. The number of ether oxygens (including phenoxy) is 1. The van der Waals surface area contributed by atoms with Crippen molar-refractivity contribution in [1.29, 1.82) is 0 Å². The van der Waals surface area contributed by atoms with Crippen LogP contribution in [0.3, 0.4) is 0 Å². The molecule has 0 spiro atoms. The maximum Gasteiger partial charge on any atom is 0.344 e. The molecule has 0 atom stereocenters. The molecule has 2 aromatic rings. The molecule has 0 saturated carbocycles. The summed E-state index contributed by atoms with van der Waals surface area (Å²) in [5, 5.41) is 6.27. The highest BCUT2D eigenvalue weighted by Gasteiger charge is 2.24. The first-order valence-electron chi connectivity index (χ1n) is 7.49. The van der Waals surface area contributed by atoms with Gasteiger partial charge in [-0.1, -0.05) is 25.1 Å². The van der Waals surface area contributed by atoms with Crippen molar-refractivity contribution in [3.8, 4) is 0 Å². The Bertz CT molecular complexity index is 768. The number of carbonyl (C=O) groups is 2. The summed E-state index contributed by atoms with van der Waals surface area (Å²) in [6.45, 7) is 6.59. The minimum atomic E-state index is -0.677. The topological polar surface area (TPSA) is 81.4 Å². The molecule has 0 radical (unpaired) electrons. The Morgan fingerprint density at radius 2 is 2.04 bits per heavy atom. The van der Waals surface area contributed by atoms with Crippen LogP contribution < -0.4 is 5.32 Å². The van der Waals surface area contributed by atoms with Gasteiger partial charge in [0, 0.05) is 11.6 Å². The molecule has 2 rings (SSSR count). The zero-order valence-electron chi connectivity index (χ0n) is 14.0. The first kappa shape index (κ1) is 17.7. The zero-order chi connectivity index (χ0) is 17.9. The van der Waals surface area contributed by atoms with Crippen molar-refractivity contribution in [2.45, 2.75) is 33.6 Å². The summed E-state index contributed by atoms with van der Waals surface area (Å²) in [6, 6.07) is 4.05. The SMILES string of the molecule is Cc1ccc(F)cc1NC(=O)COC(=O)c1c(C)noc1C(C)C. The number of nitrogens with zero attached hydrogens (tertiary/aromatic N) is 1. The van der Waals surface area contributed by atoms with E-state index in [0.29, 0.717) is 22.7 Å². The van der Waals surface area contributed by atoms with Gasteiger partial charge in [-0.3, -0.25) is 4.79 Å². The molecule has 0 aliphatic carbocycles. The number of benzene rings is 1. The molecular weight excluding hydrogens is 315 g/mol. The van der Waals surface area contributed by atoms with Crippen molar-refractivity contribution >= 4 is 17.6 Å². The zero-order valence-corrected chi connectivity index (χ0v) is 14.0. The van der Waals surface area contributed by atoms with Gasteiger partial charge in [-0.15, -0.1) is 0 Å². The molecule has 24 heavy (non-hydrogen) atoms. The summed E-state index contributed by atoms with van der Waals surface area (Å²) in [5.74, 6) is -1.33. The van der Waals surface area contributed by atoms with Crippen molar-refractivity contribution in [2.75, 3.05) is 11.9 Å². The number of esters is 1. The molecule has 1 amide bonds. The third-order valence-corrected chi connectivity index (χ3v) is 3.43. The van der Waals surface area contributed by atoms with E-state index < -0.39 is 24.3 Å². The Morgan fingerprint density at radius 3 is 2.71 bits per heavy atom. The second-order valence-corrected chi connectivity index (χ2v) is 5.75. The maximum atomic E-state index is 13.2. The van der Waals surface area contributed by atoms with Crippen LogP contribution >= 0.6 is 0 Å². The molecule has 7 heteroatoms. The van der Waals surface area contributed by atoms with Crippen LogP contribution in [0.15, 0.2) is 22.7 Å². The highest BCUT2D eigenvalue weighted by Crippen LogP contribution is 2.23. The van der Waals surface area contributed by atoms with Crippen LogP contribution in [0.25, 0.3) is 0 Å². The lowest BCUT2D eigenvalue weighted by Crippen LogP contribution is -2.22. The molecule has 0 bridgehead atoms. The monoisotopic (exact) mass is 334 g/mol.